The van der Waals surface area contributed by atoms with Crippen LogP contribution in [0.25, 0.3) is 0 Å². The molecule has 0 saturated heterocycles. The van der Waals surface area contributed by atoms with Crippen LogP contribution in [-0.2, 0) is 0 Å². The molecule has 0 unspecified atom stereocenters. The van der Waals surface area contributed by atoms with Crippen LogP contribution in [0.1, 0.15) is 23.7 Å². The van der Waals surface area contributed by atoms with Crippen LogP contribution in [0.15, 0.2) is 47.5 Å². The molecule has 1 aliphatic rings. The van der Waals surface area contributed by atoms with E-state index in [0.29, 0.717) is 38.0 Å². The number of fused-ring (bicyclic) bond motifs is 1. The fourth-order valence-electron chi connectivity index (χ4n) is 2.76. The number of ether oxygens (including phenoxy) is 2. The Hall–Kier alpha value is -3.29. The van der Waals surface area contributed by atoms with E-state index in [4.69, 9.17) is 9.47 Å². The van der Waals surface area contributed by atoms with Gasteiger partial charge in [-0.1, -0.05) is 12.1 Å². The highest BCUT2D eigenvalue weighted by molar-refractivity contribution is 5.95. The van der Waals surface area contributed by atoms with E-state index in [1.54, 1.807) is 12.1 Å². The van der Waals surface area contributed by atoms with Gasteiger partial charge in [-0.3, -0.25) is 9.79 Å². The van der Waals surface area contributed by atoms with Crippen LogP contribution in [0.4, 0.5) is 10.1 Å². The van der Waals surface area contributed by atoms with Crippen molar-refractivity contribution in [2.45, 2.75) is 13.3 Å². The summed E-state index contributed by atoms with van der Waals surface area (Å²) in [4.78, 5) is 16.5. The lowest BCUT2D eigenvalue weighted by Crippen LogP contribution is -2.32. The second kappa shape index (κ2) is 10.3. The van der Waals surface area contributed by atoms with E-state index >= 15 is 0 Å². The Kier molecular flexibility index (Phi) is 7.27. The molecular formula is C21H25FN4O3. The summed E-state index contributed by atoms with van der Waals surface area (Å²) < 4.78 is 25.0. The largest absolute Gasteiger partial charge is 0.490 e. The highest BCUT2D eigenvalue weighted by atomic mass is 19.1. The SMILES string of the molecule is CCNC(=NCCNC(=O)c1ccccc1F)Nc1ccc2c(c1)OCCCO2. The lowest BCUT2D eigenvalue weighted by molar-refractivity contribution is 0.0951. The maximum Gasteiger partial charge on any atom is 0.254 e. The first-order chi connectivity index (χ1) is 14.2. The first kappa shape index (κ1) is 20.4. The van der Waals surface area contributed by atoms with E-state index in [9.17, 15) is 9.18 Å². The van der Waals surface area contributed by atoms with Crippen LogP contribution in [0, 0.1) is 5.82 Å². The third-order valence-electron chi connectivity index (χ3n) is 4.14. The van der Waals surface area contributed by atoms with Crippen molar-refractivity contribution in [1.82, 2.24) is 10.6 Å². The Balaban J connectivity index is 1.56. The van der Waals surface area contributed by atoms with E-state index in [1.807, 2.05) is 25.1 Å². The first-order valence-corrected chi connectivity index (χ1v) is 9.65. The topological polar surface area (TPSA) is 84.0 Å². The lowest BCUT2D eigenvalue weighted by Gasteiger charge is -2.14. The number of nitrogens with one attached hydrogen (secondary N) is 3. The zero-order valence-electron chi connectivity index (χ0n) is 16.3. The van der Waals surface area contributed by atoms with Gasteiger partial charge in [0.05, 0.1) is 25.3 Å². The smallest absolute Gasteiger partial charge is 0.254 e. The van der Waals surface area contributed by atoms with Crippen molar-refractivity contribution in [3.63, 3.8) is 0 Å². The van der Waals surface area contributed by atoms with E-state index in [2.05, 4.69) is 20.9 Å². The quantitative estimate of drug-likeness (QED) is 0.395. The fourth-order valence-corrected chi connectivity index (χ4v) is 2.76. The molecule has 2 aromatic carbocycles. The van der Waals surface area contributed by atoms with Gasteiger partial charge in [-0.05, 0) is 31.2 Å². The maximum atomic E-state index is 13.6. The number of guanidine groups is 1. The predicted molar refractivity (Wildman–Crippen MR) is 110 cm³/mol. The second-order valence-corrected chi connectivity index (χ2v) is 6.33. The number of benzene rings is 2. The standard InChI is InChI=1S/C21H25FN4O3/c1-2-23-21(25-11-10-24-20(27)16-6-3-4-7-17(16)22)26-15-8-9-18-19(14-15)29-13-5-12-28-18/h3-4,6-9,14H,2,5,10-13H2,1H3,(H,24,27)(H2,23,25,26). The van der Waals surface area contributed by atoms with E-state index in [1.165, 1.54) is 12.1 Å². The summed E-state index contributed by atoms with van der Waals surface area (Å²) in [7, 11) is 0. The van der Waals surface area contributed by atoms with E-state index in [-0.39, 0.29) is 12.1 Å². The summed E-state index contributed by atoms with van der Waals surface area (Å²) in [6.07, 6.45) is 0.847. The van der Waals surface area contributed by atoms with Gasteiger partial charge >= 0.3 is 0 Å². The minimum absolute atomic E-state index is 0.0220. The third kappa shape index (κ3) is 5.84. The molecule has 2 aromatic rings. The Morgan fingerprint density at radius 3 is 2.69 bits per heavy atom. The van der Waals surface area contributed by atoms with Crippen LogP contribution in [0.3, 0.4) is 0 Å². The number of hydrogen-bond donors (Lipinski definition) is 3. The Labute approximate surface area is 169 Å². The molecule has 0 aromatic heterocycles. The predicted octanol–water partition coefficient (Wildman–Crippen LogP) is 2.79. The molecule has 1 heterocycles. The van der Waals surface area contributed by atoms with Gasteiger partial charge in [-0.25, -0.2) is 4.39 Å². The van der Waals surface area contributed by atoms with Gasteiger partial charge in [-0.15, -0.1) is 0 Å². The summed E-state index contributed by atoms with van der Waals surface area (Å²) in [6, 6.07) is 11.5. The van der Waals surface area contributed by atoms with Crippen molar-refractivity contribution in [3.05, 3.63) is 53.8 Å². The van der Waals surface area contributed by atoms with Gasteiger partial charge in [0.15, 0.2) is 17.5 Å². The van der Waals surface area contributed by atoms with Crippen molar-refractivity contribution in [1.29, 1.82) is 0 Å². The highest BCUT2D eigenvalue weighted by Gasteiger charge is 2.12. The molecule has 154 valence electrons. The summed E-state index contributed by atoms with van der Waals surface area (Å²) in [5, 5.41) is 9.03. The molecule has 8 heteroatoms. The number of hydrogen-bond acceptors (Lipinski definition) is 4. The summed E-state index contributed by atoms with van der Waals surface area (Å²) >= 11 is 0. The normalized spacial score (nSPS) is 13.4. The molecule has 0 saturated carbocycles. The van der Waals surface area contributed by atoms with Crippen molar-refractivity contribution in [2.24, 2.45) is 4.99 Å². The van der Waals surface area contributed by atoms with Gasteiger partial charge in [-0.2, -0.15) is 0 Å². The number of amides is 1. The molecule has 0 fully saturated rings. The summed E-state index contributed by atoms with van der Waals surface area (Å²) in [5.74, 6) is 0.991. The molecule has 1 aliphatic heterocycles. The number of halogens is 1. The second-order valence-electron chi connectivity index (χ2n) is 6.33. The van der Waals surface area contributed by atoms with Crippen molar-refractivity contribution >= 4 is 17.6 Å². The molecule has 0 spiro atoms. The molecule has 7 nitrogen and oxygen atoms in total. The number of nitrogens with zero attached hydrogens (tertiary/aromatic N) is 1. The molecular weight excluding hydrogens is 375 g/mol. The van der Waals surface area contributed by atoms with Gasteiger partial charge in [0.1, 0.15) is 5.82 Å². The van der Waals surface area contributed by atoms with Crippen molar-refractivity contribution < 1.29 is 18.7 Å². The zero-order valence-corrected chi connectivity index (χ0v) is 16.3. The van der Waals surface area contributed by atoms with Gasteiger partial charge in [0, 0.05) is 31.3 Å². The van der Waals surface area contributed by atoms with Crippen LogP contribution in [-0.4, -0.2) is 44.7 Å². The number of aliphatic imine (C=N–C) groups is 1. The number of anilines is 1. The molecule has 3 N–H and O–H groups in total. The molecule has 0 atom stereocenters. The third-order valence-corrected chi connectivity index (χ3v) is 4.14. The van der Waals surface area contributed by atoms with Crippen LogP contribution in [0.5, 0.6) is 11.5 Å². The van der Waals surface area contributed by atoms with E-state index in [0.717, 1.165) is 17.9 Å². The molecule has 0 bridgehead atoms. The van der Waals surface area contributed by atoms with Gasteiger partial charge in [0.2, 0.25) is 0 Å². The minimum atomic E-state index is -0.544. The average Bonchev–Trinajstić information content (AvgIpc) is 2.96. The molecule has 0 aliphatic carbocycles. The average molecular weight is 400 g/mol. The maximum absolute atomic E-state index is 13.6. The minimum Gasteiger partial charge on any atom is -0.490 e. The Morgan fingerprint density at radius 1 is 1.10 bits per heavy atom. The van der Waals surface area contributed by atoms with Crippen molar-refractivity contribution in [2.75, 3.05) is 38.2 Å². The van der Waals surface area contributed by atoms with E-state index < -0.39 is 11.7 Å². The molecule has 0 radical (unpaired) electrons. The Bertz CT molecular complexity index is 873. The number of carbonyl (C=O) groups excluding carboxylic acids is 1. The Morgan fingerprint density at radius 2 is 1.90 bits per heavy atom. The number of rotatable bonds is 6. The van der Waals surface area contributed by atoms with Gasteiger partial charge < -0.3 is 25.4 Å². The van der Waals surface area contributed by atoms with Crippen molar-refractivity contribution in [3.8, 4) is 11.5 Å². The van der Waals surface area contributed by atoms with Crippen LogP contribution < -0.4 is 25.4 Å². The number of carbonyl (C=O) groups is 1. The fraction of sp³-hybridized carbons (Fsp3) is 0.333. The monoisotopic (exact) mass is 400 g/mol. The zero-order chi connectivity index (χ0) is 20.5. The van der Waals surface area contributed by atoms with Crippen LogP contribution in [0.2, 0.25) is 0 Å². The summed E-state index contributed by atoms with van der Waals surface area (Å²) in [5.41, 5.74) is 0.832. The van der Waals surface area contributed by atoms with Crippen LogP contribution >= 0.6 is 0 Å². The molecule has 1 amide bonds. The highest BCUT2D eigenvalue weighted by Crippen LogP contribution is 2.32. The molecule has 29 heavy (non-hydrogen) atoms. The lowest BCUT2D eigenvalue weighted by atomic mass is 10.2. The summed E-state index contributed by atoms with van der Waals surface area (Å²) in [6.45, 7) is 4.52. The first-order valence-electron chi connectivity index (χ1n) is 9.65. The molecule has 3 rings (SSSR count). The van der Waals surface area contributed by atoms with Gasteiger partial charge in [0.25, 0.3) is 5.91 Å².